The summed E-state index contributed by atoms with van der Waals surface area (Å²) in [6, 6.07) is 0. The van der Waals surface area contributed by atoms with E-state index in [-0.39, 0.29) is 4.65 Å². The molecule has 13 heavy (non-hydrogen) atoms. The van der Waals surface area contributed by atoms with Gasteiger partial charge in [-0.2, -0.15) is 0 Å². The molecule has 0 atom stereocenters. The highest BCUT2D eigenvalue weighted by Gasteiger charge is 2.00. The van der Waals surface area contributed by atoms with Crippen molar-refractivity contribution in [3.05, 3.63) is 5.21 Å². The summed E-state index contributed by atoms with van der Waals surface area (Å²) in [7, 11) is 3.44. The quantitative estimate of drug-likeness (QED) is 0.325. The second-order valence-corrected chi connectivity index (χ2v) is 4.42. The van der Waals surface area contributed by atoms with Crippen LogP contribution in [0.15, 0.2) is 0 Å². The van der Waals surface area contributed by atoms with Crippen molar-refractivity contribution < 1.29 is 4.65 Å². The molecule has 0 unspecified atom stereocenters. The number of hydroxylamine groups is 3. The highest BCUT2D eigenvalue weighted by molar-refractivity contribution is 4.45. The molecule has 0 amide bonds. The Bertz CT molecular complexity index is 107. The van der Waals surface area contributed by atoms with Gasteiger partial charge in [0.15, 0.2) is 0 Å². The van der Waals surface area contributed by atoms with Crippen LogP contribution in [0.1, 0.15) is 51.9 Å². The second kappa shape index (κ2) is 7.34. The highest BCUT2D eigenvalue weighted by Crippen LogP contribution is 2.08. The summed E-state index contributed by atoms with van der Waals surface area (Å²) in [5.74, 6) is 0. The topological polar surface area (TPSA) is 23.1 Å². The number of unbranched alkanes of at least 4 members (excludes halogenated alkanes) is 6. The first-order valence-corrected chi connectivity index (χ1v) is 5.60. The van der Waals surface area contributed by atoms with E-state index in [2.05, 4.69) is 6.92 Å². The van der Waals surface area contributed by atoms with Crippen molar-refractivity contribution in [3.8, 4) is 0 Å². The fourth-order valence-electron chi connectivity index (χ4n) is 1.45. The lowest BCUT2D eigenvalue weighted by atomic mass is 10.1. The van der Waals surface area contributed by atoms with Gasteiger partial charge in [0.2, 0.25) is 0 Å². The van der Waals surface area contributed by atoms with E-state index < -0.39 is 0 Å². The normalized spacial score (nSPS) is 12.0. The maximum atomic E-state index is 11.2. The monoisotopic (exact) mass is 187 g/mol. The molecule has 0 radical (unpaired) electrons. The largest absolute Gasteiger partial charge is 0.633 e. The van der Waals surface area contributed by atoms with Gasteiger partial charge in [0.1, 0.15) is 0 Å². The Morgan fingerprint density at radius 2 is 1.31 bits per heavy atom. The van der Waals surface area contributed by atoms with Gasteiger partial charge in [-0.1, -0.05) is 39.0 Å². The van der Waals surface area contributed by atoms with Crippen molar-refractivity contribution in [2.45, 2.75) is 51.9 Å². The standard InChI is InChI=1S/C11H25NO/c1-4-5-6-7-8-9-10-11-12(2,3)13/h4-11H2,1-3H3. The molecular formula is C11H25NO. The number of hydrogen-bond donors (Lipinski definition) is 0. The first kappa shape index (κ1) is 12.9. The lowest BCUT2D eigenvalue weighted by Crippen LogP contribution is -2.32. The van der Waals surface area contributed by atoms with E-state index in [1.54, 1.807) is 14.1 Å². The van der Waals surface area contributed by atoms with Crippen LogP contribution in [0.2, 0.25) is 0 Å². The van der Waals surface area contributed by atoms with Crippen LogP contribution in [0, 0.1) is 5.21 Å². The predicted molar refractivity (Wildman–Crippen MR) is 58.3 cm³/mol. The third kappa shape index (κ3) is 11.9. The van der Waals surface area contributed by atoms with Crippen LogP contribution in [0.25, 0.3) is 0 Å². The summed E-state index contributed by atoms with van der Waals surface area (Å²) >= 11 is 0. The molecule has 80 valence electrons. The van der Waals surface area contributed by atoms with E-state index in [1.807, 2.05) is 0 Å². The fourth-order valence-corrected chi connectivity index (χ4v) is 1.45. The zero-order chi connectivity index (χ0) is 10.2. The van der Waals surface area contributed by atoms with Gasteiger partial charge in [-0.15, -0.1) is 0 Å². The molecule has 0 saturated heterocycles. The summed E-state index contributed by atoms with van der Waals surface area (Å²) in [5, 5.41) is 11.2. The predicted octanol–water partition coefficient (Wildman–Crippen LogP) is 3.31. The van der Waals surface area contributed by atoms with Gasteiger partial charge in [-0.05, 0) is 12.8 Å². The fraction of sp³-hybridized carbons (Fsp3) is 1.00. The maximum Gasteiger partial charge on any atom is 0.0779 e. The molecule has 0 aliphatic rings. The Hall–Kier alpha value is -0.0800. The van der Waals surface area contributed by atoms with Gasteiger partial charge in [0.05, 0.1) is 20.6 Å². The molecule has 0 spiro atoms. The van der Waals surface area contributed by atoms with Gasteiger partial charge in [0, 0.05) is 0 Å². The molecule has 0 fully saturated rings. The molecule has 0 aliphatic heterocycles. The zero-order valence-electron chi connectivity index (χ0n) is 9.51. The molecule has 0 rings (SSSR count). The Morgan fingerprint density at radius 3 is 1.77 bits per heavy atom. The number of rotatable bonds is 8. The van der Waals surface area contributed by atoms with Crippen LogP contribution >= 0.6 is 0 Å². The Labute approximate surface area is 83.1 Å². The molecule has 0 saturated carbocycles. The van der Waals surface area contributed by atoms with Gasteiger partial charge in [-0.3, -0.25) is 0 Å². The Kier molecular flexibility index (Phi) is 7.29. The number of hydrogen-bond acceptors (Lipinski definition) is 1. The van der Waals surface area contributed by atoms with Crippen LogP contribution in [-0.2, 0) is 0 Å². The minimum absolute atomic E-state index is 0.130. The van der Waals surface area contributed by atoms with E-state index in [0.29, 0.717) is 0 Å². The molecule has 0 heterocycles. The van der Waals surface area contributed by atoms with Gasteiger partial charge in [0.25, 0.3) is 0 Å². The minimum Gasteiger partial charge on any atom is -0.633 e. The van der Waals surface area contributed by atoms with Crippen LogP contribution in [-0.4, -0.2) is 25.3 Å². The third-order valence-corrected chi connectivity index (χ3v) is 2.30. The summed E-state index contributed by atoms with van der Waals surface area (Å²) in [6.45, 7) is 3.01. The van der Waals surface area contributed by atoms with E-state index >= 15 is 0 Å². The van der Waals surface area contributed by atoms with Gasteiger partial charge >= 0.3 is 0 Å². The van der Waals surface area contributed by atoms with Gasteiger partial charge in [-0.25, -0.2) is 0 Å². The van der Waals surface area contributed by atoms with Crippen molar-refractivity contribution >= 4 is 0 Å². The lowest BCUT2D eigenvalue weighted by Gasteiger charge is -2.33. The van der Waals surface area contributed by atoms with E-state index in [4.69, 9.17) is 0 Å². The van der Waals surface area contributed by atoms with Crippen molar-refractivity contribution in [2.75, 3.05) is 20.6 Å². The molecule has 0 aromatic rings. The van der Waals surface area contributed by atoms with Crippen LogP contribution < -0.4 is 0 Å². The molecule has 0 bridgehead atoms. The maximum absolute atomic E-state index is 11.2. The summed E-state index contributed by atoms with van der Waals surface area (Å²) in [5.41, 5.74) is 0. The summed E-state index contributed by atoms with van der Waals surface area (Å²) in [4.78, 5) is 0. The number of quaternary nitrogens is 1. The van der Waals surface area contributed by atoms with Gasteiger partial charge < -0.3 is 9.85 Å². The molecule has 2 nitrogen and oxygen atoms in total. The minimum atomic E-state index is -0.130. The molecule has 0 aromatic heterocycles. The average molecular weight is 187 g/mol. The molecular weight excluding hydrogens is 162 g/mol. The lowest BCUT2D eigenvalue weighted by molar-refractivity contribution is -0.840. The zero-order valence-corrected chi connectivity index (χ0v) is 9.51. The van der Waals surface area contributed by atoms with Crippen molar-refractivity contribution in [1.29, 1.82) is 0 Å². The van der Waals surface area contributed by atoms with Crippen molar-refractivity contribution in [1.82, 2.24) is 0 Å². The highest BCUT2D eigenvalue weighted by atomic mass is 16.5. The number of nitrogens with zero attached hydrogens (tertiary/aromatic N) is 1. The van der Waals surface area contributed by atoms with E-state index in [0.717, 1.165) is 13.0 Å². The smallest absolute Gasteiger partial charge is 0.0779 e. The van der Waals surface area contributed by atoms with Crippen LogP contribution in [0.3, 0.4) is 0 Å². The first-order valence-electron chi connectivity index (χ1n) is 5.60. The third-order valence-electron chi connectivity index (χ3n) is 2.30. The SMILES string of the molecule is CCCCCCCCC[N+](C)(C)[O-]. The molecule has 0 N–H and O–H groups in total. The van der Waals surface area contributed by atoms with Crippen molar-refractivity contribution in [2.24, 2.45) is 0 Å². The Morgan fingerprint density at radius 1 is 0.846 bits per heavy atom. The molecule has 2 heteroatoms. The van der Waals surface area contributed by atoms with Crippen LogP contribution in [0.4, 0.5) is 0 Å². The molecule has 0 aromatic carbocycles. The average Bonchev–Trinajstić information content (AvgIpc) is 2.01. The van der Waals surface area contributed by atoms with Crippen molar-refractivity contribution in [3.63, 3.8) is 0 Å². The molecule has 0 aliphatic carbocycles. The summed E-state index contributed by atoms with van der Waals surface area (Å²) < 4.78 is -0.130. The van der Waals surface area contributed by atoms with Crippen LogP contribution in [0.5, 0.6) is 0 Å². The summed E-state index contributed by atoms with van der Waals surface area (Å²) in [6.07, 6.45) is 9.01. The second-order valence-electron chi connectivity index (χ2n) is 4.42. The van der Waals surface area contributed by atoms with E-state index in [1.165, 1.54) is 38.5 Å². The van der Waals surface area contributed by atoms with E-state index in [9.17, 15) is 5.21 Å². The first-order chi connectivity index (χ1) is 6.06. The Balaban J connectivity index is 3.00.